The summed E-state index contributed by atoms with van der Waals surface area (Å²) in [5, 5.41) is 9.16. The molecule has 2 aromatic carbocycles. The van der Waals surface area contributed by atoms with Crippen molar-refractivity contribution >= 4 is 35.0 Å². The SMILES string of the molecule is CCC(C)C(NC(=O)c1ccc(Cl)cc1)C(=O)Nc1ccc(C(=O)NCC(C)C)cc1C. The lowest BCUT2D eigenvalue weighted by molar-refractivity contribution is -0.119. The lowest BCUT2D eigenvalue weighted by Gasteiger charge is -2.24. The monoisotopic (exact) mass is 457 g/mol. The zero-order valence-electron chi connectivity index (χ0n) is 19.3. The van der Waals surface area contributed by atoms with E-state index in [2.05, 4.69) is 16.0 Å². The molecule has 0 heterocycles. The summed E-state index contributed by atoms with van der Waals surface area (Å²) >= 11 is 5.89. The van der Waals surface area contributed by atoms with Crippen LogP contribution in [0.1, 0.15) is 60.4 Å². The van der Waals surface area contributed by atoms with Crippen molar-refractivity contribution in [2.24, 2.45) is 11.8 Å². The fraction of sp³-hybridized carbons (Fsp3) is 0.400. The first kappa shape index (κ1) is 25.4. The molecule has 3 amide bonds. The Hall–Kier alpha value is -2.86. The Morgan fingerprint density at radius 1 is 0.938 bits per heavy atom. The number of amides is 3. The van der Waals surface area contributed by atoms with E-state index in [-0.39, 0.29) is 23.6 Å². The van der Waals surface area contributed by atoms with Gasteiger partial charge in [0.1, 0.15) is 6.04 Å². The summed E-state index contributed by atoms with van der Waals surface area (Å²) in [7, 11) is 0. The number of halogens is 1. The molecule has 7 heteroatoms. The first-order valence-electron chi connectivity index (χ1n) is 10.9. The minimum absolute atomic E-state index is 0.0763. The summed E-state index contributed by atoms with van der Waals surface area (Å²) in [5.41, 5.74) is 2.34. The Kier molecular flexibility index (Phi) is 9.27. The number of carbonyl (C=O) groups is 3. The van der Waals surface area contributed by atoms with Crippen LogP contribution >= 0.6 is 11.6 Å². The maximum Gasteiger partial charge on any atom is 0.251 e. The molecular formula is C25H32ClN3O3. The van der Waals surface area contributed by atoms with Gasteiger partial charge in [-0.25, -0.2) is 0 Å². The second kappa shape index (κ2) is 11.7. The van der Waals surface area contributed by atoms with E-state index < -0.39 is 6.04 Å². The molecule has 2 atom stereocenters. The van der Waals surface area contributed by atoms with Crippen LogP contribution in [0.25, 0.3) is 0 Å². The topological polar surface area (TPSA) is 87.3 Å². The van der Waals surface area contributed by atoms with Crippen LogP contribution in [0.5, 0.6) is 0 Å². The van der Waals surface area contributed by atoms with Crippen molar-refractivity contribution in [3.63, 3.8) is 0 Å². The van der Waals surface area contributed by atoms with E-state index in [1.54, 1.807) is 42.5 Å². The maximum atomic E-state index is 13.1. The largest absolute Gasteiger partial charge is 0.352 e. The third-order valence-electron chi connectivity index (χ3n) is 5.31. The van der Waals surface area contributed by atoms with Gasteiger partial charge < -0.3 is 16.0 Å². The van der Waals surface area contributed by atoms with Gasteiger partial charge in [-0.2, -0.15) is 0 Å². The van der Waals surface area contributed by atoms with Crippen LogP contribution in [0.2, 0.25) is 5.02 Å². The Morgan fingerprint density at radius 3 is 2.12 bits per heavy atom. The summed E-state index contributed by atoms with van der Waals surface area (Å²) in [6, 6.07) is 10.9. The number of aryl methyl sites for hydroxylation is 1. The zero-order valence-corrected chi connectivity index (χ0v) is 20.0. The fourth-order valence-corrected chi connectivity index (χ4v) is 3.21. The van der Waals surface area contributed by atoms with Gasteiger partial charge in [0.05, 0.1) is 0 Å². The van der Waals surface area contributed by atoms with Gasteiger partial charge in [0.25, 0.3) is 11.8 Å². The summed E-state index contributed by atoms with van der Waals surface area (Å²) in [6.45, 7) is 10.4. The molecular weight excluding hydrogens is 426 g/mol. The van der Waals surface area contributed by atoms with E-state index in [9.17, 15) is 14.4 Å². The van der Waals surface area contributed by atoms with Crippen molar-refractivity contribution in [1.82, 2.24) is 10.6 Å². The van der Waals surface area contributed by atoms with Crippen LogP contribution in [-0.4, -0.2) is 30.3 Å². The molecule has 0 fully saturated rings. The standard InChI is InChI=1S/C25H32ClN3O3/c1-6-16(4)22(29-24(31)18-7-10-20(26)11-8-18)25(32)28-21-12-9-19(13-17(21)5)23(30)27-14-15(2)3/h7-13,15-16,22H,6,14H2,1-5H3,(H,27,30)(H,28,32)(H,29,31). The van der Waals surface area contributed by atoms with Crippen molar-refractivity contribution in [2.75, 3.05) is 11.9 Å². The Balaban J connectivity index is 2.13. The van der Waals surface area contributed by atoms with Gasteiger partial charge in [-0.05, 0) is 66.8 Å². The van der Waals surface area contributed by atoms with E-state index >= 15 is 0 Å². The van der Waals surface area contributed by atoms with Gasteiger partial charge in [0.15, 0.2) is 0 Å². The van der Waals surface area contributed by atoms with Crippen LogP contribution in [0.15, 0.2) is 42.5 Å². The average molecular weight is 458 g/mol. The molecule has 0 aliphatic heterocycles. The first-order chi connectivity index (χ1) is 15.1. The van der Waals surface area contributed by atoms with Crippen LogP contribution in [0.3, 0.4) is 0 Å². The molecule has 6 nitrogen and oxygen atoms in total. The molecule has 3 N–H and O–H groups in total. The van der Waals surface area contributed by atoms with Gasteiger partial charge in [0, 0.05) is 28.4 Å². The van der Waals surface area contributed by atoms with Gasteiger partial charge >= 0.3 is 0 Å². The highest BCUT2D eigenvalue weighted by Crippen LogP contribution is 2.19. The maximum absolute atomic E-state index is 13.1. The van der Waals surface area contributed by atoms with Crippen LogP contribution < -0.4 is 16.0 Å². The van der Waals surface area contributed by atoms with E-state index in [1.165, 1.54) is 0 Å². The number of hydrogen-bond acceptors (Lipinski definition) is 3. The van der Waals surface area contributed by atoms with Crippen molar-refractivity contribution in [3.05, 3.63) is 64.2 Å². The number of hydrogen-bond donors (Lipinski definition) is 3. The molecule has 0 saturated carbocycles. The molecule has 2 aromatic rings. The van der Waals surface area contributed by atoms with E-state index in [0.717, 1.165) is 5.56 Å². The minimum atomic E-state index is -0.711. The molecule has 0 saturated heterocycles. The number of anilines is 1. The number of benzene rings is 2. The molecule has 172 valence electrons. The molecule has 0 bridgehead atoms. The van der Waals surface area contributed by atoms with Crippen molar-refractivity contribution < 1.29 is 14.4 Å². The van der Waals surface area contributed by atoms with E-state index in [4.69, 9.17) is 11.6 Å². The molecule has 2 rings (SSSR count). The second-order valence-corrected chi connectivity index (χ2v) is 8.90. The number of nitrogens with one attached hydrogen (secondary N) is 3. The highest BCUT2D eigenvalue weighted by Gasteiger charge is 2.27. The average Bonchev–Trinajstić information content (AvgIpc) is 2.76. The Labute approximate surface area is 195 Å². The van der Waals surface area contributed by atoms with Gasteiger partial charge in [-0.15, -0.1) is 0 Å². The van der Waals surface area contributed by atoms with Crippen molar-refractivity contribution in [2.45, 2.75) is 47.1 Å². The highest BCUT2D eigenvalue weighted by atomic mass is 35.5. The van der Waals surface area contributed by atoms with Crippen molar-refractivity contribution in [1.29, 1.82) is 0 Å². The fourth-order valence-electron chi connectivity index (χ4n) is 3.08. The highest BCUT2D eigenvalue weighted by molar-refractivity contribution is 6.30. The minimum Gasteiger partial charge on any atom is -0.352 e. The molecule has 0 aromatic heterocycles. The molecule has 0 aliphatic carbocycles. The predicted molar refractivity (Wildman–Crippen MR) is 129 cm³/mol. The second-order valence-electron chi connectivity index (χ2n) is 8.47. The molecule has 0 spiro atoms. The van der Waals surface area contributed by atoms with Crippen LogP contribution in [0.4, 0.5) is 5.69 Å². The number of carbonyl (C=O) groups excluding carboxylic acids is 3. The zero-order chi connectivity index (χ0) is 23.8. The summed E-state index contributed by atoms with van der Waals surface area (Å²) in [6.07, 6.45) is 0.715. The van der Waals surface area contributed by atoms with Crippen LogP contribution in [-0.2, 0) is 4.79 Å². The Morgan fingerprint density at radius 2 is 1.56 bits per heavy atom. The van der Waals surface area contributed by atoms with Gasteiger partial charge in [-0.1, -0.05) is 45.7 Å². The van der Waals surface area contributed by atoms with Crippen LogP contribution in [0, 0.1) is 18.8 Å². The van der Waals surface area contributed by atoms with Gasteiger partial charge in [0.2, 0.25) is 5.91 Å². The summed E-state index contributed by atoms with van der Waals surface area (Å²) in [4.78, 5) is 38.0. The molecule has 32 heavy (non-hydrogen) atoms. The molecule has 0 aliphatic rings. The summed E-state index contributed by atoms with van der Waals surface area (Å²) in [5.74, 6) is -0.503. The Bertz CT molecular complexity index is 957. The van der Waals surface area contributed by atoms with Crippen molar-refractivity contribution in [3.8, 4) is 0 Å². The lowest BCUT2D eigenvalue weighted by Crippen LogP contribution is -2.47. The predicted octanol–water partition coefficient (Wildman–Crippen LogP) is 4.82. The van der Waals surface area contributed by atoms with E-state index in [1.807, 2.05) is 34.6 Å². The third kappa shape index (κ3) is 7.09. The van der Waals surface area contributed by atoms with E-state index in [0.29, 0.717) is 40.7 Å². The normalized spacial score (nSPS) is 12.7. The van der Waals surface area contributed by atoms with Gasteiger partial charge in [-0.3, -0.25) is 14.4 Å². The quantitative estimate of drug-likeness (QED) is 0.504. The number of rotatable bonds is 9. The molecule has 0 radical (unpaired) electrons. The lowest BCUT2D eigenvalue weighted by atomic mass is 9.97. The smallest absolute Gasteiger partial charge is 0.251 e. The summed E-state index contributed by atoms with van der Waals surface area (Å²) < 4.78 is 0. The molecule has 2 unspecified atom stereocenters. The third-order valence-corrected chi connectivity index (χ3v) is 5.56. The first-order valence-corrected chi connectivity index (χ1v) is 11.3.